The molecule has 0 heterocycles. The second-order valence-electron chi connectivity index (χ2n) is 6.24. The minimum absolute atomic E-state index is 0.118. The van der Waals surface area contributed by atoms with E-state index in [1.807, 2.05) is 0 Å². The van der Waals surface area contributed by atoms with Crippen LogP contribution in [0, 0.1) is 0 Å². The molecule has 0 rings (SSSR count). The van der Waals surface area contributed by atoms with Crippen molar-refractivity contribution in [3.05, 3.63) is 0 Å². The Bertz CT molecular complexity index is 331. The van der Waals surface area contributed by atoms with Gasteiger partial charge in [-0.25, -0.2) is 0 Å². The number of carbonyl (C=O) groups is 1. The van der Waals surface area contributed by atoms with Gasteiger partial charge < -0.3 is 15.5 Å². The van der Waals surface area contributed by atoms with Crippen molar-refractivity contribution in [1.82, 2.24) is 20.4 Å². The number of nitrogens with one attached hydrogen (secondary N) is 2. The first-order valence-corrected chi connectivity index (χ1v) is 8.20. The molecule has 1 amide bonds. The van der Waals surface area contributed by atoms with Crippen molar-refractivity contribution in [2.24, 2.45) is 4.99 Å². The van der Waals surface area contributed by atoms with E-state index in [1.54, 1.807) is 26.0 Å². The lowest BCUT2D eigenvalue weighted by Crippen LogP contribution is -2.42. The molecule has 2 N–H and O–H groups in total. The standard InChI is InChI=1S/C16H35N5O/c1-13(2)21(14(3)4)12-8-10-18-16(17-5)19-11-9-15(22)20(6)7/h13-14H,8-12H2,1-7H3,(H2,17,18,19). The summed E-state index contributed by atoms with van der Waals surface area (Å²) in [6.07, 6.45) is 1.54. The Kier molecular flexibility index (Phi) is 10.6. The molecule has 0 spiro atoms. The second kappa shape index (κ2) is 11.3. The first kappa shape index (κ1) is 20.7. The summed E-state index contributed by atoms with van der Waals surface area (Å²) in [4.78, 5) is 19.7. The summed E-state index contributed by atoms with van der Waals surface area (Å²) < 4.78 is 0. The highest BCUT2D eigenvalue weighted by molar-refractivity contribution is 5.81. The molecule has 0 aliphatic carbocycles. The molecule has 0 aromatic carbocycles. The first-order chi connectivity index (χ1) is 10.3. The zero-order valence-electron chi connectivity index (χ0n) is 15.4. The molecule has 0 aromatic heterocycles. The molecule has 0 unspecified atom stereocenters. The van der Waals surface area contributed by atoms with Crippen molar-refractivity contribution in [2.75, 3.05) is 40.8 Å². The van der Waals surface area contributed by atoms with E-state index in [0.29, 0.717) is 25.0 Å². The normalized spacial score (nSPS) is 12.2. The highest BCUT2D eigenvalue weighted by Crippen LogP contribution is 2.05. The van der Waals surface area contributed by atoms with Crippen LogP contribution in [0.5, 0.6) is 0 Å². The largest absolute Gasteiger partial charge is 0.356 e. The summed E-state index contributed by atoms with van der Waals surface area (Å²) in [6.45, 7) is 11.5. The number of hydrogen-bond donors (Lipinski definition) is 2. The van der Waals surface area contributed by atoms with E-state index >= 15 is 0 Å². The van der Waals surface area contributed by atoms with Gasteiger partial charge in [-0.2, -0.15) is 0 Å². The summed E-state index contributed by atoms with van der Waals surface area (Å²) in [5.74, 6) is 0.875. The van der Waals surface area contributed by atoms with Gasteiger partial charge in [-0.15, -0.1) is 0 Å². The van der Waals surface area contributed by atoms with E-state index in [0.717, 1.165) is 25.5 Å². The van der Waals surface area contributed by atoms with Crippen LogP contribution < -0.4 is 10.6 Å². The van der Waals surface area contributed by atoms with Gasteiger partial charge in [0.05, 0.1) is 0 Å². The fourth-order valence-electron chi connectivity index (χ4n) is 2.31. The Labute approximate surface area is 136 Å². The average molecular weight is 313 g/mol. The Hall–Kier alpha value is -1.30. The Morgan fingerprint density at radius 3 is 2.05 bits per heavy atom. The van der Waals surface area contributed by atoms with Crippen molar-refractivity contribution in [1.29, 1.82) is 0 Å². The maximum absolute atomic E-state index is 11.5. The molecule has 6 nitrogen and oxygen atoms in total. The van der Waals surface area contributed by atoms with Crippen LogP contribution in [0.15, 0.2) is 4.99 Å². The molecular formula is C16H35N5O. The lowest BCUT2D eigenvalue weighted by atomic mass is 10.2. The van der Waals surface area contributed by atoms with Gasteiger partial charge in [0.1, 0.15) is 0 Å². The molecule has 6 heteroatoms. The third kappa shape index (κ3) is 8.87. The van der Waals surface area contributed by atoms with Crippen molar-refractivity contribution >= 4 is 11.9 Å². The van der Waals surface area contributed by atoms with Crippen molar-refractivity contribution in [3.63, 3.8) is 0 Å². The van der Waals surface area contributed by atoms with E-state index in [9.17, 15) is 4.79 Å². The number of carbonyl (C=O) groups excluding carboxylic acids is 1. The Morgan fingerprint density at radius 2 is 1.59 bits per heavy atom. The highest BCUT2D eigenvalue weighted by Gasteiger charge is 2.12. The number of aliphatic imine (C=N–C) groups is 1. The zero-order valence-corrected chi connectivity index (χ0v) is 15.4. The summed E-state index contributed by atoms with van der Waals surface area (Å²) in [5, 5.41) is 6.46. The van der Waals surface area contributed by atoms with Gasteiger partial charge in [-0.1, -0.05) is 0 Å². The Morgan fingerprint density at radius 1 is 1.05 bits per heavy atom. The number of amides is 1. The zero-order chi connectivity index (χ0) is 17.1. The quantitative estimate of drug-likeness (QED) is 0.381. The molecule has 0 radical (unpaired) electrons. The highest BCUT2D eigenvalue weighted by atomic mass is 16.2. The molecule has 22 heavy (non-hydrogen) atoms. The van der Waals surface area contributed by atoms with E-state index in [2.05, 4.69) is 48.2 Å². The molecule has 0 aromatic rings. The number of guanidine groups is 1. The van der Waals surface area contributed by atoms with E-state index < -0.39 is 0 Å². The minimum Gasteiger partial charge on any atom is -0.356 e. The number of hydrogen-bond acceptors (Lipinski definition) is 3. The van der Waals surface area contributed by atoms with Gasteiger partial charge in [0.2, 0.25) is 5.91 Å². The molecule has 0 aliphatic rings. The van der Waals surface area contributed by atoms with Crippen LogP contribution in [0.4, 0.5) is 0 Å². The second-order valence-corrected chi connectivity index (χ2v) is 6.24. The van der Waals surface area contributed by atoms with Crippen molar-refractivity contribution < 1.29 is 4.79 Å². The lowest BCUT2D eigenvalue weighted by molar-refractivity contribution is -0.128. The number of rotatable bonds is 9. The fourth-order valence-corrected chi connectivity index (χ4v) is 2.31. The third-order valence-corrected chi connectivity index (χ3v) is 3.57. The summed E-state index contributed by atoms with van der Waals surface area (Å²) in [5.41, 5.74) is 0. The molecule has 0 fully saturated rings. The van der Waals surface area contributed by atoms with Crippen molar-refractivity contribution in [2.45, 2.75) is 52.6 Å². The molecular weight excluding hydrogens is 278 g/mol. The van der Waals surface area contributed by atoms with Crippen LogP contribution >= 0.6 is 0 Å². The van der Waals surface area contributed by atoms with Crippen LogP contribution in [0.25, 0.3) is 0 Å². The molecule has 0 aliphatic heterocycles. The van der Waals surface area contributed by atoms with Gasteiger partial charge in [-0.3, -0.25) is 14.7 Å². The molecule has 0 saturated heterocycles. The van der Waals surface area contributed by atoms with Crippen LogP contribution in [0.2, 0.25) is 0 Å². The van der Waals surface area contributed by atoms with E-state index in [4.69, 9.17) is 0 Å². The predicted molar refractivity (Wildman–Crippen MR) is 94.3 cm³/mol. The summed E-state index contributed by atoms with van der Waals surface area (Å²) in [7, 11) is 5.28. The van der Waals surface area contributed by atoms with Crippen LogP contribution in [0.3, 0.4) is 0 Å². The van der Waals surface area contributed by atoms with Gasteiger partial charge in [0.15, 0.2) is 5.96 Å². The summed E-state index contributed by atoms with van der Waals surface area (Å²) in [6, 6.07) is 1.13. The molecule has 130 valence electrons. The van der Waals surface area contributed by atoms with Gasteiger partial charge in [0, 0.05) is 59.3 Å². The maximum atomic E-state index is 11.5. The van der Waals surface area contributed by atoms with Crippen molar-refractivity contribution in [3.8, 4) is 0 Å². The fraction of sp³-hybridized carbons (Fsp3) is 0.875. The predicted octanol–water partition coefficient (Wildman–Crippen LogP) is 1.14. The average Bonchev–Trinajstić information content (AvgIpc) is 2.43. The van der Waals surface area contributed by atoms with Crippen LogP contribution in [0.1, 0.15) is 40.5 Å². The smallest absolute Gasteiger partial charge is 0.223 e. The van der Waals surface area contributed by atoms with Gasteiger partial charge in [0.25, 0.3) is 0 Å². The van der Waals surface area contributed by atoms with E-state index in [-0.39, 0.29) is 5.91 Å². The van der Waals surface area contributed by atoms with Crippen LogP contribution in [-0.2, 0) is 4.79 Å². The monoisotopic (exact) mass is 313 g/mol. The molecule has 0 bridgehead atoms. The number of nitrogens with zero attached hydrogens (tertiary/aromatic N) is 3. The maximum Gasteiger partial charge on any atom is 0.223 e. The van der Waals surface area contributed by atoms with Crippen LogP contribution in [-0.4, -0.2) is 74.5 Å². The molecule has 0 atom stereocenters. The minimum atomic E-state index is 0.118. The lowest BCUT2D eigenvalue weighted by Gasteiger charge is -2.30. The third-order valence-electron chi connectivity index (χ3n) is 3.57. The van der Waals surface area contributed by atoms with E-state index in [1.165, 1.54) is 0 Å². The summed E-state index contributed by atoms with van der Waals surface area (Å²) >= 11 is 0. The molecule has 0 saturated carbocycles. The van der Waals surface area contributed by atoms with Gasteiger partial charge in [-0.05, 0) is 34.1 Å². The van der Waals surface area contributed by atoms with Gasteiger partial charge >= 0.3 is 0 Å². The Balaban J connectivity index is 3.94. The first-order valence-electron chi connectivity index (χ1n) is 8.20. The topological polar surface area (TPSA) is 60.0 Å². The SMILES string of the molecule is CN=C(NCCCN(C(C)C)C(C)C)NCCC(=O)N(C)C.